The number of aryl methyl sites for hydroxylation is 1. The van der Waals surface area contributed by atoms with E-state index in [2.05, 4.69) is 10.3 Å². The first kappa shape index (κ1) is 26.9. The quantitative estimate of drug-likeness (QED) is 0.310. The van der Waals surface area contributed by atoms with E-state index in [1.165, 1.54) is 23.1 Å². The van der Waals surface area contributed by atoms with Crippen LogP contribution in [0.3, 0.4) is 0 Å². The molecule has 0 spiro atoms. The average molecular weight is 584 g/mol. The summed E-state index contributed by atoms with van der Waals surface area (Å²) < 4.78 is 38.2. The molecule has 1 fully saturated rings. The van der Waals surface area contributed by atoms with Crippen molar-refractivity contribution in [2.45, 2.75) is 45.4 Å². The van der Waals surface area contributed by atoms with Gasteiger partial charge in [0.25, 0.3) is 5.91 Å². The van der Waals surface area contributed by atoms with Gasteiger partial charge < -0.3 is 24.2 Å². The smallest absolute Gasteiger partial charge is 0.413 e. The van der Waals surface area contributed by atoms with Crippen LogP contribution in [0.1, 0.15) is 37.6 Å². The van der Waals surface area contributed by atoms with E-state index in [0.29, 0.717) is 29.4 Å². The highest BCUT2D eigenvalue weighted by Gasteiger charge is 2.36. The van der Waals surface area contributed by atoms with Gasteiger partial charge in [-0.2, -0.15) is 0 Å². The predicted molar refractivity (Wildman–Crippen MR) is 149 cm³/mol. The maximum Gasteiger partial charge on any atom is 0.413 e. The molecule has 2 aromatic heterocycles. The first-order valence-corrected chi connectivity index (χ1v) is 13.9. The molecule has 6 rings (SSSR count). The van der Waals surface area contributed by atoms with E-state index in [-0.39, 0.29) is 58.1 Å². The molecular weight excluding hydrogens is 556 g/mol. The molecule has 0 radical (unpaired) electrons. The zero-order chi connectivity index (χ0) is 29.2. The standard InChI is InChI=1S/C28H27F2N5O5S/c1-28(2,3)40-26(37)32-25-31-21-15(4-5-18(29)23(21)41-25)20-16-7-9-33-8-6-14-13-34(27(38)39)10-11-35(14)24(36)17(22(16)33)12-19(20)30/h4-5,7,9,12,14H,6,8,10-11,13H2,1-3H3,(H,38,39)(H,31,32,37). The molecule has 2 aliphatic rings. The molecule has 2 N–H and O–H groups in total. The van der Waals surface area contributed by atoms with Gasteiger partial charge >= 0.3 is 12.2 Å². The van der Waals surface area contributed by atoms with E-state index in [0.717, 1.165) is 11.3 Å². The number of thiazole rings is 1. The van der Waals surface area contributed by atoms with Gasteiger partial charge in [0.15, 0.2) is 5.13 Å². The Kier molecular flexibility index (Phi) is 6.36. The van der Waals surface area contributed by atoms with E-state index in [9.17, 15) is 23.9 Å². The van der Waals surface area contributed by atoms with Crippen molar-refractivity contribution in [1.29, 1.82) is 0 Å². The van der Waals surface area contributed by atoms with Crippen LogP contribution in [-0.2, 0) is 11.3 Å². The molecule has 41 heavy (non-hydrogen) atoms. The number of carboxylic acid groups (broad SMARTS) is 1. The van der Waals surface area contributed by atoms with E-state index < -0.39 is 29.4 Å². The average Bonchev–Trinajstić information content (AvgIpc) is 3.50. The third kappa shape index (κ3) is 4.73. The summed E-state index contributed by atoms with van der Waals surface area (Å²) in [6.45, 7) is 6.22. The van der Waals surface area contributed by atoms with Crippen molar-refractivity contribution in [3.63, 3.8) is 0 Å². The summed E-state index contributed by atoms with van der Waals surface area (Å²) in [5.74, 6) is -1.61. The zero-order valence-electron chi connectivity index (χ0n) is 22.5. The Hall–Kier alpha value is -4.26. The number of hydrogen-bond donors (Lipinski definition) is 2. The Bertz CT molecular complexity index is 1740. The fraction of sp³-hybridized carbons (Fsp3) is 0.357. The summed E-state index contributed by atoms with van der Waals surface area (Å²) >= 11 is 0.911. The van der Waals surface area contributed by atoms with E-state index in [1.807, 2.05) is 4.57 Å². The second-order valence-electron chi connectivity index (χ2n) is 11.1. The molecule has 0 bridgehead atoms. The largest absolute Gasteiger partial charge is 0.465 e. The second-order valence-corrected chi connectivity index (χ2v) is 12.1. The highest BCUT2D eigenvalue weighted by atomic mass is 32.1. The molecule has 0 aliphatic carbocycles. The summed E-state index contributed by atoms with van der Waals surface area (Å²) in [7, 11) is 0. The van der Waals surface area contributed by atoms with Crippen molar-refractivity contribution in [1.82, 2.24) is 19.4 Å². The summed E-state index contributed by atoms with van der Waals surface area (Å²) in [5.41, 5.74) is 0.644. The summed E-state index contributed by atoms with van der Waals surface area (Å²) in [6, 6.07) is 5.26. The van der Waals surface area contributed by atoms with Crippen LogP contribution < -0.4 is 5.32 Å². The number of amides is 3. The number of aromatic nitrogens is 2. The van der Waals surface area contributed by atoms with Crippen LogP contribution >= 0.6 is 11.3 Å². The SMILES string of the molecule is CC(C)(C)OC(=O)Nc1nc2c(-c3c(F)cc4c5c3ccn5CCC3CN(C(=O)O)CCN3C4=O)ccc(F)c2s1. The van der Waals surface area contributed by atoms with Gasteiger partial charge in [0, 0.05) is 48.9 Å². The van der Waals surface area contributed by atoms with Crippen molar-refractivity contribution in [2.24, 2.45) is 0 Å². The van der Waals surface area contributed by atoms with Crippen molar-refractivity contribution >= 4 is 55.7 Å². The Morgan fingerprint density at radius 1 is 1.12 bits per heavy atom. The zero-order valence-corrected chi connectivity index (χ0v) is 23.3. The number of anilines is 1. The number of hydrogen-bond acceptors (Lipinski definition) is 6. The number of carbonyl (C=O) groups is 3. The maximum atomic E-state index is 16.0. The minimum Gasteiger partial charge on any atom is -0.465 e. The molecule has 0 saturated carbocycles. The number of rotatable bonds is 2. The van der Waals surface area contributed by atoms with Gasteiger partial charge in [-0.25, -0.2) is 23.4 Å². The molecule has 1 atom stereocenters. The topological polar surface area (TPSA) is 117 Å². The lowest BCUT2D eigenvalue weighted by molar-refractivity contribution is 0.0420. The molecule has 2 aromatic carbocycles. The number of piperazine rings is 1. The lowest BCUT2D eigenvalue weighted by Crippen LogP contribution is -2.57. The van der Waals surface area contributed by atoms with Crippen LogP contribution in [0, 0.1) is 11.6 Å². The van der Waals surface area contributed by atoms with Crippen molar-refractivity contribution in [3.8, 4) is 11.1 Å². The maximum absolute atomic E-state index is 16.0. The third-order valence-electron chi connectivity index (χ3n) is 7.32. The highest BCUT2D eigenvalue weighted by molar-refractivity contribution is 7.22. The van der Waals surface area contributed by atoms with Crippen LogP contribution in [0.4, 0.5) is 23.5 Å². The molecule has 214 valence electrons. The lowest BCUT2D eigenvalue weighted by atomic mass is 9.95. The monoisotopic (exact) mass is 583 g/mol. The van der Waals surface area contributed by atoms with Gasteiger partial charge in [-0.1, -0.05) is 11.3 Å². The molecule has 1 unspecified atom stereocenters. The van der Waals surface area contributed by atoms with Crippen LogP contribution in [0.2, 0.25) is 0 Å². The van der Waals surface area contributed by atoms with E-state index in [4.69, 9.17) is 4.74 Å². The molecular formula is C28H27F2N5O5S. The van der Waals surface area contributed by atoms with Crippen molar-refractivity contribution in [2.75, 3.05) is 25.0 Å². The van der Waals surface area contributed by atoms with Crippen molar-refractivity contribution in [3.05, 3.63) is 47.7 Å². The van der Waals surface area contributed by atoms with Crippen LogP contribution in [0.15, 0.2) is 30.5 Å². The predicted octanol–water partition coefficient (Wildman–Crippen LogP) is 5.75. The molecule has 1 saturated heterocycles. The Morgan fingerprint density at radius 2 is 1.90 bits per heavy atom. The Morgan fingerprint density at radius 3 is 2.63 bits per heavy atom. The molecule has 13 heteroatoms. The number of halogens is 2. The van der Waals surface area contributed by atoms with Gasteiger partial charge in [-0.15, -0.1) is 0 Å². The Labute approximate surface area is 237 Å². The van der Waals surface area contributed by atoms with Crippen LogP contribution in [0.25, 0.3) is 32.2 Å². The highest BCUT2D eigenvalue weighted by Crippen LogP contribution is 2.42. The number of ether oxygens (including phenoxy) is 1. The molecule has 4 heterocycles. The Balaban J connectivity index is 1.44. The van der Waals surface area contributed by atoms with Crippen LogP contribution in [0.5, 0.6) is 0 Å². The molecule has 2 aliphatic heterocycles. The first-order chi connectivity index (χ1) is 19.4. The third-order valence-corrected chi connectivity index (χ3v) is 8.30. The summed E-state index contributed by atoms with van der Waals surface area (Å²) in [6.07, 6.45) is 0.521. The second kappa shape index (κ2) is 9.68. The van der Waals surface area contributed by atoms with Gasteiger partial charge in [-0.05, 0) is 51.5 Å². The minimum absolute atomic E-state index is 0.0996. The lowest BCUT2D eigenvalue weighted by Gasteiger charge is -2.41. The summed E-state index contributed by atoms with van der Waals surface area (Å²) in [4.78, 5) is 44.9. The van der Waals surface area contributed by atoms with Gasteiger partial charge in [-0.3, -0.25) is 10.1 Å². The first-order valence-electron chi connectivity index (χ1n) is 13.1. The fourth-order valence-corrected chi connectivity index (χ4v) is 6.48. The summed E-state index contributed by atoms with van der Waals surface area (Å²) in [5, 5.41) is 12.5. The van der Waals surface area contributed by atoms with Crippen molar-refractivity contribution < 1.29 is 33.0 Å². The minimum atomic E-state index is -1.03. The van der Waals surface area contributed by atoms with Crippen LogP contribution in [-0.4, -0.2) is 73.8 Å². The number of fused-ring (bicyclic) bond motifs is 2. The number of benzene rings is 2. The molecule has 4 aromatic rings. The fourth-order valence-electron chi connectivity index (χ4n) is 5.60. The van der Waals surface area contributed by atoms with Gasteiger partial charge in [0.05, 0.1) is 27.3 Å². The molecule has 10 nitrogen and oxygen atoms in total. The normalized spacial score (nSPS) is 17.4. The number of nitrogens with one attached hydrogen (secondary N) is 1. The number of carbonyl (C=O) groups excluding carboxylic acids is 2. The van der Waals surface area contributed by atoms with E-state index in [1.54, 1.807) is 37.9 Å². The van der Waals surface area contributed by atoms with E-state index >= 15 is 4.39 Å². The van der Waals surface area contributed by atoms with Gasteiger partial charge in [0.2, 0.25) is 0 Å². The molecule has 3 amide bonds. The number of nitrogens with zero attached hydrogens (tertiary/aromatic N) is 4. The van der Waals surface area contributed by atoms with Gasteiger partial charge in [0.1, 0.15) is 17.2 Å².